The molecule has 1 unspecified atom stereocenters. The molecule has 0 aromatic carbocycles. The van der Waals surface area contributed by atoms with Crippen LogP contribution in [0.3, 0.4) is 0 Å². The molecule has 3 nitrogen and oxygen atoms in total. The van der Waals surface area contributed by atoms with Gasteiger partial charge in [0, 0.05) is 0 Å². The molecular weight excluding hydrogens is 271 g/mol. The number of rotatable bonds is 14. The van der Waals surface area contributed by atoms with Gasteiger partial charge in [0.15, 0.2) is 0 Å². The van der Waals surface area contributed by atoms with E-state index < -0.39 is 8.60 Å². The predicted molar refractivity (Wildman–Crippen MR) is 87.7 cm³/mol. The Balaban J connectivity index is 3.76. The van der Waals surface area contributed by atoms with Gasteiger partial charge in [-0.1, -0.05) is 66.2 Å². The lowest BCUT2D eigenvalue weighted by atomic mass is 10.0. The fraction of sp³-hybridized carbons (Fsp3) is 1.00. The summed E-state index contributed by atoms with van der Waals surface area (Å²) >= 11 is 0. The predicted octanol–water partition coefficient (Wildman–Crippen LogP) is 5.67. The normalized spacial score (nSPS) is 16.1. The average Bonchev–Trinajstić information content (AvgIpc) is 2.47. The van der Waals surface area contributed by atoms with Crippen molar-refractivity contribution < 1.29 is 13.9 Å². The van der Waals surface area contributed by atoms with Crippen LogP contribution >= 0.6 is 8.60 Å². The summed E-state index contributed by atoms with van der Waals surface area (Å²) in [6, 6.07) is 0. The quantitative estimate of drug-likeness (QED) is 0.420. The molecule has 0 rings (SSSR count). The Hall–Kier alpha value is 0.310. The van der Waals surface area contributed by atoms with Crippen molar-refractivity contribution in [1.82, 2.24) is 0 Å². The maximum absolute atomic E-state index is 9.81. The van der Waals surface area contributed by atoms with Gasteiger partial charge in [-0.25, -0.2) is 0 Å². The van der Waals surface area contributed by atoms with Crippen LogP contribution in [0.2, 0.25) is 0 Å². The minimum atomic E-state index is -1.69. The molecule has 0 radical (unpaired) electrons. The van der Waals surface area contributed by atoms with E-state index in [0.717, 1.165) is 12.8 Å². The van der Waals surface area contributed by atoms with Crippen molar-refractivity contribution in [3.05, 3.63) is 0 Å². The first-order valence-electron chi connectivity index (χ1n) is 8.42. The SMILES string of the molecule is CCCC[C@@H](CC)COP(O)OC[C@@H](CC)CCCC. The fourth-order valence-electron chi connectivity index (χ4n) is 2.17. The second-order valence-corrected chi connectivity index (χ2v) is 6.65. The Morgan fingerprint density at radius 2 is 1.20 bits per heavy atom. The zero-order chi connectivity index (χ0) is 15.2. The molecule has 0 spiro atoms. The molecule has 4 heteroatoms. The smallest absolute Gasteiger partial charge is 0.328 e. The third kappa shape index (κ3) is 11.0. The Morgan fingerprint density at radius 3 is 1.50 bits per heavy atom. The van der Waals surface area contributed by atoms with Gasteiger partial charge in [0.1, 0.15) is 0 Å². The first-order valence-corrected chi connectivity index (χ1v) is 9.55. The third-order valence-corrected chi connectivity index (χ3v) is 4.67. The second-order valence-electron chi connectivity index (χ2n) is 5.66. The minimum absolute atomic E-state index is 0.553. The van der Waals surface area contributed by atoms with Crippen LogP contribution in [0.4, 0.5) is 0 Å². The first-order chi connectivity index (χ1) is 9.67. The highest BCUT2D eigenvalue weighted by Crippen LogP contribution is 2.35. The van der Waals surface area contributed by atoms with Crippen LogP contribution in [0.5, 0.6) is 0 Å². The standard InChI is InChI=1S/C16H35O3P/c1-5-9-11-15(7-3)13-18-20(17)19-14-16(8-4)12-10-6-2/h15-17H,5-14H2,1-4H3/t15-,16+,20?. The van der Waals surface area contributed by atoms with Gasteiger partial charge in [0.05, 0.1) is 13.2 Å². The number of hydrogen-bond acceptors (Lipinski definition) is 3. The molecule has 122 valence electrons. The molecule has 0 aliphatic rings. The fourth-order valence-corrected chi connectivity index (χ4v) is 2.92. The summed E-state index contributed by atoms with van der Waals surface area (Å²) in [5.74, 6) is 1.11. The zero-order valence-corrected chi connectivity index (χ0v) is 14.8. The van der Waals surface area contributed by atoms with E-state index in [1.54, 1.807) is 0 Å². The largest absolute Gasteiger partial charge is 0.329 e. The Labute approximate surface area is 127 Å². The molecule has 0 heterocycles. The summed E-state index contributed by atoms with van der Waals surface area (Å²) in [5, 5.41) is 0. The Kier molecular flexibility index (Phi) is 14.5. The van der Waals surface area contributed by atoms with Gasteiger partial charge in [-0.15, -0.1) is 0 Å². The molecule has 0 aromatic rings. The van der Waals surface area contributed by atoms with Gasteiger partial charge >= 0.3 is 8.60 Å². The van der Waals surface area contributed by atoms with Crippen molar-refractivity contribution >= 4 is 8.60 Å². The van der Waals surface area contributed by atoms with Gasteiger partial charge < -0.3 is 13.9 Å². The Bertz CT molecular complexity index is 182. The minimum Gasteiger partial charge on any atom is -0.328 e. The van der Waals surface area contributed by atoms with Gasteiger partial charge in [0.25, 0.3) is 0 Å². The van der Waals surface area contributed by atoms with Crippen LogP contribution in [0.15, 0.2) is 0 Å². The van der Waals surface area contributed by atoms with E-state index in [1.807, 2.05) is 0 Å². The lowest BCUT2D eigenvalue weighted by molar-refractivity contribution is 0.148. The van der Waals surface area contributed by atoms with Gasteiger partial charge in [-0.2, -0.15) is 0 Å². The van der Waals surface area contributed by atoms with Crippen LogP contribution in [0, 0.1) is 11.8 Å². The van der Waals surface area contributed by atoms with Crippen molar-refractivity contribution in [2.45, 2.75) is 79.1 Å². The van der Waals surface area contributed by atoms with E-state index in [4.69, 9.17) is 9.05 Å². The molecule has 3 atom stereocenters. The lowest BCUT2D eigenvalue weighted by Crippen LogP contribution is -2.10. The highest BCUT2D eigenvalue weighted by atomic mass is 31.2. The maximum Gasteiger partial charge on any atom is 0.329 e. The zero-order valence-electron chi connectivity index (χ0n) is 13.9. The summed E-state index contributed by atoms with van der Waals surface area (Å²) in [4.78, 5) is 9.81. The molecule has 0 amide bonds. The first kappa shape index (κ1) is 20.3. The van der Waals surface area contributed by atoms with Crippen molar-refractivity contribution in [1.29, 1.82) is 0 Å². The molecule has 0 saturated carbocycles. The van der Waals surface area contributed by atoms with E-state index in [1.165, 1.54) is 38.5 Å². The molecule has 0 saturated heterocycles. The van der Waals surface area contributed by atoms with E-state index in [0.29, 0.717) is 25.0 Å². The number of hydrogen-bond donors (Lipinski definition) is 1. The van der Waals surface area contributed by atoms with Crippen LogP contribution < -0.4 is 0 Å². The molecule has 0 aliphatic heterocycles. The lowest BCUT2D eigenvalue weighted by Gasteiger charge is -2.19. The second kappa shape index (κ2) is 14.3. The van der Waals surface area contributed by atoms with Crippen molar-refractivity contribution in [2.24, 2.45) is 11.8 Å². The molecule has 0 fully saturated rings. The molecular formula is C16H35O3P. The van der Waals surface area contributed by atoms with E-state index in [-0.39, 0.29) is 0 Å². The molecule has 0 aromatic heterocycles. The van der Waals surface area contributed by atoms with Crippen molar-refractivity contribution in [2.75, 3.05) is 13.2 Å². The topological polar surface area (TPSA) is 38.7 Å². The monoisotopic (exact) mass is 306 g/mol. The van der Waals surface area contributed by atoms with Crippen molar-refractivity contribution in [3.8, 4) is 0 Å². The van der Waals surface area contributed by atoms with Crippen LogP contribution in [0.1, 0.15) is 79.1 Å². The highest BCUT2D eigenvalue weighted by molar-refractivity contribution is 7.40. The third-order valence-electron chi connectivity index (χ3n) is 3.93. The summed E-state index contributed by atoms with van der Waals surface area (Å²) in [6.07, 6.45) is 9.50. The Morgan fingerprint density at radius 1 is 0.800 bits per heavy atom. The van der Waals surface area contributed by atoms with Gasteiger partial charge in [-0.3, -0.25) is 0 Å². The molecule has 0 bridgehead atoms. The van der Waals surface area contributed by atoms with E-state index in [9.17, 15) is 4.89 Å². The van der Waals surface area contributed by atoms with E-state index >= 15 is 0 Å². The van der Waals surface area contributed by atoms with Crippen molar-refractivity contribution in [3.63, 3.8) is 0 Å². The summed E-state index contributed by atoms with van der Waals surface area (Å²) < 4.78 is 11.0. The summed E-state index contributed by atoms with van der Waals surface area (Å²) in [6.45, 7) is 10.0. The maximum atomic E-state index is 9.81. The summed E-state index contributed by atoms with van der Waals surface area (Å²) in [5.41, 5.74) is 0. The van der Waals surface area contributed by atoms with Crippen LogP contribution in [-0.4, -0.2) is 18.1 Å². The van der Waals surface area contributed by atoms with Gasteiger partial charge in [-0.05, 0) is 24.7 Å². The number of unbranched alkanes of at least 4 members (excludes halogenated alkanes) is 2. The van der Waals surface area contributed by atoms with Gasteiger partial charge in [0.2, 0.25) is 0 Å². The highest BCUT2D eigenvalue weighted by Gasteiger charge is 2.14. The van der Waals surface area contributed by atoms with E-state index in [2.05, 4.69) is 27.7 Å². The molecule has 1 N–H and O–H groups in total. The van der Waals surface area contributed by atoms with Crippen LogP contribution in [-0.2, 0) is 9.05 Å². The average molecular weight is 306 g/mol. The molecule has 0 aliphatic carbocycles. The van der Waals surface area contributed by atoms with Crippen LogP contribution in [0.25, 0.3) is 0 Å². The molecule has 20 heavy (non-hydrogen) atoms. The summed E-state index contributed by atoms with van der Waals surface area (Å²) in [7, 11) is -1.69.